The Hall–Kier alpha value is -2.25. The molecular formula is C19H21F3O4. The number of hydrogen-bond acceptors (Lipinski definition) is 4. The number of rotatable bonds is 8. The van der Waals surface area contributed by atoms with Gasteiger partial charge in [-0.25, -0.2) is 0 Å². The summed E-state index contributed by atoms with van der Waals surface area (Å²) >= 11 is 0. The fourth-order valence-corrected chi connectivity index (χ4v) is 2.11. The van der Waals surface area contributed by atoms with E-state index < -0.39 is 17.8 Å². The SMILES string of the molecule is CC(O)COCC(C)Oc1ccc(Oc2ccc(C(F)(F)F)cc2)cc1. The van der Waals surface area contributed by atoms with E-state index in [-0.39, 0.29) is 12.7 Å². The summed E-state index contributed by atoms with van der Waals surface area (Å²) in [5.74, 6) is 1.40. The number of halogens is 3. The van der Waals surface area contributed by atoms with Gasteiger partial charge in [0.1, 0.15) is 23.4 Å². The van der Waals surface area contributed by atoms with Gasteiger partial charge in [0.2, 0.25) is 0 Å². The van der Waals surface area contributed by atoms with E-state index in [0.717, 1.165) is 12.1 Å². The van der Waals surface area contributed by atoms with E-state index >= 15 is 0 Å². The molecule has 0 aliphatic heterocycles. The highest BCUT2D eigenvalue weighted by Gasteiger charge is 2.30. The van der Waals surface area contributed by atoms with Gasteiger partial charge in [0.25, 0.3) is 0 Å². The summed E-state index contributed by atoms with van der Waals surface area (Å²) in [6.45, 7) is 4.07. The third kappa shape index (κ3) is 6.57. The third-order valence-corrected chi connectivity index (χ3v) is 3.29. The minimum absolute atomic E-state index is 0.199. The molecule has 4 nitrogen and oxygen atoms in total. The largest absolute Gasteiger partial charge is 0.488 e. The predicted molar refractivity (Wildman–Crippen MR) is 90.5 cm³/mol. The number of aliphatic hydroxyl groups excluding tert-OH is 1. The van der Waals surface area contributed by atoms with Crippen molar-refractivity contribution in [2.24, 2.45) is 0 Å². The molecule has 0 aliphatic carbocycles. The van der Waals surface area contributed by atoms with E-state index in [4.69, 9.17) is 19.3 Å². The summed E-state index contributed by atoms with van der Waals surface area (Å²) in [6.07, 6.45) is -5.09. The third-order valence-electron chi connectivity index (χ3n) is 3.29. The second kappa shape index (κ2) is 8.91. The van der Waals surface area contributed by atoms with Gasteiger partial charge >= 0.3 is 6.18 Å². The van der Waals surface area contributed by atoms with Crippen LogP contribution in [0.5, 0.6) is 17.2 Å². The minimum atomic E-state index is -4.37. The van der Waals surface area contributed by atoms with E-state index in [0.29, 0.717) is 23.9 Å². The van der Waals surface area contributed by atoms with Crippen molar-refractivity contribution in [2.75, 3.05) is 13.2 Å². The maximum absolute atomic E-state index is 12.5. The van der Waals surface area contributed by atoms with Crippen LogP contribution >= 0.6 is 0 Å². The molecule has 0 amide bonds. The van der Waals surface area contributed by atoms with Crippen LogP contribution in [-0.4, -0.2) is 30.5 Å². The molecule has 26 heavy (non-hydrogen) atoms. The zero-order valence-electron chi connectivity index (χ0n) is 14.5. The molecule has 0 bridgehead atoms. The van der Waals surface area contributed by atoms with Crippen molar-refractivity contribution in [3.05, 3.63) is 54.1 Å². The normalized spacial score (nSPS) is 13.9. The van der Waals surface area contributed by atoms with E-state index in [2.05, 4.69) is 0 Å². The van der Waals surface area contributed by atoms with Crippen LogP contribution in [0.1, 0.15) is 19.4 Å². The van der Waals surface area contributed by atoms with Crippen molar-refractivity contribution in [1.82, 2.24) is 0 Å². The number of ether oxygens (including phenoxy) is 3. The standard InChI is InChI=1S/C19H21F3O4/c1-13(23)11-24-12-14(2)25-16-7-9-18(10-8-16)26-17-5-3-15(4-6-17)19(20,21)22/h3-10,13-14,23H,11-12H2,1-2H3. The molecule has 0 fully saturated rings. The lowest BCUT2D eigenvalue weighted by Gasteiger charge is -2.16. The quantitative estimate of drug-likeness (QED) is 0.734. The Balaban J connectivity index is 1.87. The van der Waals surface area contributed by atoms with Gasteiger partial charge in [-0.1, -0.05) is 0 Å². The second-order valence-electron chi connectivity index (χ2n) is 5.91. The first-order valence-corrected chi connectivity index (χ1v) is 8.11. The highest BCUT2D eigenvalue weighted by Crippen LogP contribution is 2.31. The molecule has 0 aliphatic rings. The van der Waals surface area contributed by atoms with Crippen LogP contribution in [-0.2, 0) is 10.9 Å². The first-order valence-electron chi connectivity index (χ1n) is 8.11. The molecule has 0 radical (unpaired) electrons. The number of hydrogen-bond donors (Lipinski definition) is 1. The van der Waals surface area contributed by atoms with Crippen molar-refractivity contribution >= 4 is 0 Å². The van der Waals surface area contributed by atoms with Crippen molar-refractivity contribution in [3.63, 3.8) is 0 Å². The van der Waals surface area contributed by atoms with Crippen molar-refractivity contribution in [3.8, 4) is 17.2 Å². The van der Waals surface area contributed by atoms with E-state index in [1.165, 1.54) is 12.1 Å². The molecule has 2 rings (SSSR count). The first kappa shape index (κ1) is 20.1. The van der Waals surface area contributed by atoms with Crippen LogP contribution in [0.2, 0.25) is 0 Å². The average Bonchev–Trinajstić information content (AvgIpc) is 2.56. The lowest BCUT2D eigenvalue weighted by Crippen LogP contribution is -2.22. The van der Waals surface area contributed by atoms with Crippen LogP contribution in [0.25, 0.3) is 0 Å². The van der Waals surface area contributed by atoms with E-state index in [9.17, 15) is 13.2 Å². The molecule has 0 spiro atoms. The van der Waals surface area contributed by atoms with Crippen molar-refractivity contribution in [2.45, 2.75) is 32.2 Å². The molecule has 0 saturated carbocycles. The minimum Gasteiger partial charge on any atom is -0.488 e. The Bertz CT molecular complexity index is 667. The Labute approximate surface area is 150 Å². The summed E-state index contributed by atoms with van der Waals surface area (Å²) < 4.78 is 54.1. The highest BCUT2D eigenvalue weighted by molar-refractivity contribution is 5.36. The molecule has 2 aromatic carbocycles. The zero-order chi connectivity index (χ0) is 19.2. The summed E-state index contributed by atoms with van der Waals surface area (Å²) in [7, 11) is 0. The van der Waals surface area contributed by atoms with Crippen LogP contribution in [0.3, 0.4) is 0 Å². The summed E-state index contributed by atoms with van der Waals surface area (Å²) in [4.78, 5) is 0. The summed E-state index contributed by atoms with van der Waals surface area (Å²) in [5, 5.41) is 9.13. The molecule has 7 heteroatoms. The molecule has 1 N–H and O–H groups in total. The van der Waals surface area contributed by atoms with Gasteiger partial charge in [0, 0.05) is 0 Å². The van der Waals surface area contributed by atoms with Crippen LogP contribution in [0, 0.1) is 0 Å². The van der Waals surface area contributed by atoms with Gasteiger partial charge in [-0.05, 0) is 62.4 Å². The second-order valence-corrected chi connectivity index (χ2v) is 5.91. The molecule has 2 unspecified atom stereocenters. The Morgan fingerprint density at radius 1 is 0.846 bits per heavy atom. The van der Waals surface area contributed by atoms with E-state index in [1.807, 2.05) is 6.92 Å². The Kier molecular flexibility index (Phi) is 6.88. The number of benzene rings is 2. The average molecular weight is 370 g/mol. The predicted octanol–water partition coefficient (Wildman–Crippen LogP) is 4.66. The lowest BCUT2D eigenvalue weighted by atomic mass is 10.2. The van der Waals surface area contributed by atoms with Gasteiger partial charge in [-0.2, -0.15) is 13.2 Å². The number of aliphatic hydroxyl groups is 1. The summed E-state index contributed by atoms with van der Waals surface area (Å²) in [6, 6.07) is 11.2. The molecule has 2 atom stereocenters. The zero-order valence-corrected chi connectivity index (χ0v) is 14.5. The summed E-state index contributed by atoms with van der Waals surface area (Å²) in [5.41, 5.74) is -0.722. The highest BCUT2D eigenvalue weighted by atomic mass is 19.4. The van der Waals surface area contributed by atoms with Crippen molar-refractivity contribution in [1.29, 1.82) is 0 Å². The van der Waals surface area contributed by atoms with Gasteiger partial charge < -0.3 is 19.3 Å². The first-order chi connectivity index (χ1) is 12.2. The molecule has 0 aromatic heterocycles. The molecule has 0 heterocycles. The van der Waals surface area contributed by atoms with Gasteiger partial charge in [0.05, 0.1) is 24.9 Å². The Morgan fingerprint density at radius 2 is 1.35 bits per heavy atom. The van der Waals surface area contributed by atoms with Crippen LogP contribution < -0.4 is 9.47 Å². The van der Waals surface area contributed by atoms with Gasteiger partial charge in [-0.15, -0.1) is 0 Å². The monoisotopic (exact) mass is 370 g/mol. The topological polar surface area (TPSA) is 47.9 Å². The fourth-order valence-electron chi connectivity index (χ4n) is 2.11. The van der Waals surface area contributed by atoms with Crippen molar-refractivity contribution < 1.29 is 32.5 Å². The smallest absolute Gasteiger partial charge is 0.416 e. The lowest BCUT2D eigenvalue weighted by molar-refractivity contribution is -0.137. The molecule has 0 saturated heterocycles. The fraction of sp³-hybridized carbons (Fsp3) is 0.368. The Morgan fingerprint density at radius 3 is 1.85 bits per heavy atom. The number of alkyl halides is 3. The molecular weight excluding hydrogens is 349 g/mol. The molecule has 142 valence electrons. The van der Waals surface area contributed by atoms with Crippen LogP contribution in [0.4, 0.5) is 13.2 Å². The van der Waals surface area contributed by atoms with Gasteiger partial charge in [-0.3, -0.25) is 0 Å². The van der Waals surface area contributed by atoms with Gasteiger partial charge in [0.15, 0.2) is 0 Å². The van der Waals surface area contributed by atoms with Crippen LogP contribution in [0.15, 0.2) is 48.5 Å². The maximum Gasteiger partial charge on any atom is 0.416 e. The molecule has 2 aromatic rings. The van der Waals surface area contributed by atoms with E-state index in [1.54, 1.807) is 31.2 Å². The maximum atomic E-state index is 12.5.